The minimum absolute atomic E-state index is 0.0634. The van der Waals surface area contributed by atoms with Crippen LogP contribution < -0.4 is 5.43 Å². The number of nitrogens with zero attached hydrogens (tertiary/aromatic N) is 2. The molecule has 0 saturated carbocycles. The Kier molecular flexibility index (Phi) is 4.55. The van der Waals surface area contributed by atoms with Crippen LogP contribution in [-0.4, -0.2) is 16.3 Å². The molecule has 0 bridgehead atoms. The number of hydrogen-bond donors (Lipinski definition) is 2. The number of rotatable bonds is 4. The Hall–Kier alpha value is -2.44. The second-order valence-electron chi connectivity index (χ2n) is 4.60. The Bertz CT molecular complexity index is 852. The van der Waals surface area contributed by atoms with Crippen LogP contribution in [0.3, 0.4) is 0 Å². The van der Waals surface area contributed by atoms with Gasteiger partial charge in [0.2, 0.25) is 5.13 Å². The monoisotopic (exact) mass is 347 g/mol. The maximum Gasteiger partial charge on any atom is 0.203 e. The molecule has 0 fully saturated rings. The van der Waals surface area contributed by atoms with E-state index in [9.17, 15) is 9.50 Å². The van der Waals surface area contributed by atoms with Gasteiger partial charge in [-0.25, -0.2) is 9.37 Å². The first kappa shape index (κ1) is 15.5. The third-order valence-electron chi connectivity index (χ3n) is 3.00. The Balaban J connectivity index is 1.72. The van der Waals surface area contributed by atoms with Gasteiger partial charge in [-0.3, -0.25) is 5.43 Å². The van der Waals surface area contributed by atoms with Crippen LogP contribution >= 0.6 is 22.9 Å². The van der Waals surface area contributed by atoms with Crippen molar-refractivity contribution >= 4 is 34.3 Å². The summed E-state index contributed by atoms with van der Waals surface area (Å²) >= 11 is 7.14. The molecule has 0 radical (unpaired) electrons. The summed E-state index contributed by atoms with van der Waals surface area (Å²) in [5.41, 5.74) is 4.77. The third kappa shape index (κ3) is 3.67. The lowest BCUT2D eigenvalue weighted by Gasteiger charge is -2.00. The van der Waals surface area contributed by atoms with Crippen LogP contribution in [0.25, 0.3) is 11.3 Å². The zero-order chi connectivity index (χ0) is 16.2. The van der Waals surface area contributed by atoms with Gasteiger partial charge in [-0.05, 0) is 6.07 Å². The molecule has 2 aromatic carbocycles. The summed E-state index contributed by atoms with van der Waals surface area (Å²) in [6, 6.07) is 12.0. The average Bonchev–Trinajstić information content (AvgIpc) is 3.02. The smallest absolute Gasteiger partial charge is 0.203 e. The van der Waals surface area contributed by atoms with E-state index in [2.05, 4.69) is 15.5 Å². The molecule has 1 heterocycles. The molecule has 3 aromatic rings. The summed E-state index contributed by atoms with van der Waals surface area (Å²) in [6.07, 6.45) is 1.28. The van der Waals surface area contributed by atoms with Crippen molar-refractivity contribution in [3.8, 4) is 17.0 Å². The van der Waals surface area contributed by atoms with Crippen LogP contribution in [-0.2, 0) is 0 Å². The first-order chi connectivity index (χ1) is 11.1. The SMILES string of the molecule is Oc1cc(F)c(C=NNc2nc(-c3ccccc3)cs2)cc1Cl. The molecule has 0 aliphatic carbocycles. The second-order valence-corrected chi connectivity index (χ2v) is 5.86. The number of phenols is 1. The van der Waals surface area contributed by atoms with Gasteiger partial charge in [0.1, 0.15) is 11.6 Å². The normalized spacial score (nSPS) is 11.0. The lowest BCUT2D eigenvalue weighted by molar-refractivity contribution is 0.469. The molecule has 0 spiro atoms. The molecule has 0 atom stereocenters. The number of anilines is 1. The Morgan fingerprint density at radius 2 is 2.04 bits per heavy atom. The molecule has 1 aromatic heterocycles. The molecule has 116 valence electrons. The van der Waals surface area contributed by atoms with Crippen molar-refractivity contribution < 1.29 is 9.50 Å². The third-order valence-corrected chi connectivity index (χ3v) is 4.05. The van der Waals surface area contributed by atoms with Gasteiger partial charge < -0.3 is 5.11 Å². The van der Waals surface area contributed by atoms with Gasteiger partial charge in [0.15, 0.2) is 0 Å². The number of nitrogens with one attached hydrogen (secondary N) is 1. The molecule has 0 unspecified atom stereocenters. The minimum Gasteiger partial charge on any atom is -0.506 e. The van der Waals surface area contributed by atoms with Crippen LogP contribution in [0.1, 0.15) is 5.56 Å². The molecule has 23 heavy (non-hydrogen) atoms. The van der Waals surface area contributed by atoms with Crippen LogP contribution in [0.5, 0.6) is 5.75 Å². The predicted octanol–water partition coefficient (Wildman–Crippen LogP) is 4.75. The first-order valence-electron chi connectivity index (χ1n) is 6.61. The fraction of sp³-hybridized carbons (Fsp3) is 0. The van der Waals surface area contributed by atoms with Crippen molar-refractivity contribution in [2.75, 3.05) is 5.43 Å². The molecule has 0 saturated heterocycles. The number of thiazole rings is 1. The van der Waals surface area contributed by atoms with Crippen molar-refractivity contribution in [2.45, 2.75) is 0 Å². The van der Waals surface area contributed by atoms with Gasteiger partial charge >= 0.3 is 0 Å². The standard InChI is InChI=1S/C16H11ClFN3OS/c17-12-6-11(13(18)7-15(12)22)8-19-21-16-20-14(9-23-16)10-4-2-1-3-5-10/h1-9,22H,(H,20,21). The number of hydrazone groups is 1. The number of benzene rings is 2. The van der Waals surface area contributed by atoms with E-state index in [1.807, 2.05) is 35.7 Å². The maximum atomic E-state index is 13.6. The molecule has 0 aliphatic rings. The molecule has 3 rings (SSSR count). The lowest BCUT2D eigenvalue weighted by Crippen LogP contribution is -1.93. The van der Waals surface area contributed by atoms with E-state index in [4.69, 9.17) is 11.6 Å². The molecule has 0 aliphatic heterocycles. The number of phenolic OH excluding ortho intramolecular Hbond substituents is 1. The quantitative estimate of drug-likeness (QED) is 0.528. The van der Waals surface area contributed by atoms with Gasteiger partial charge in [0, 0.05) is 22.6 Å². The number of halogens is 2. The van der Waals surface area contributed by atoms with Crippen molar-refractivity contribution in [1.29, 1.82) is 0 Å². The summed E-state index contributed by atoms with van der Waals surface area (Å²) in [5.74, 6) is -0.914. The summed E-state index contributed by atoms with van der Waals surface area (Å²) in [6.45, 7) is 0. The maximum absolute atomic E-state index is 13.6. The Labute approximate surface area is 140 Å². The fourth-order valence-corrected chi connectivity index (χ4v) is 2.71. The zero-order valence-corrected chi connectivity index (χ0v) is 13.3. The summed E-state index contributed by atoms with van der Waals surface area (Å²) in [4.78, 5) is 4.40. The van der Waals surface area contributed by atoms with Crippen LogP contribution in [0.4, 0.5) is 9.52 Å². The van der Waals surface area contributed by atoms with Gasteiger partial charge in [0.25, 0.3) is 0 Å². The van der Waals surface area contributed by atoms with Crippen LogP contribution in [0.2, 0.25) is 5.02 Å². The number of aromatic nitrogens is 1. The largest absolute Gasteiger partial charge is 0.506 e. The fourth-order valence-electron chi connectivity index (χ4n) is 1.87. The highest BCUT2D eigenvalue weighted by atomic mass is 35.5. The Morgan fingerprint density at radius 1 is 1.26 bits per heavy atom. The highest BCUT2D eigenvalue weighted by Gasteiger charge is 2.06. The molecule has 4 nitrogen and oxygen atoms in total. The van der Waals surface area contributed by atoms with Crippen molar-refractivity contribution in [3.05, 3.63) is 64.2 Å². The lowest BCUT2D eigenvalue weighted by atomic mass is 10.2. The summed E-state index contributed by atoms with van der Waals surface area (Å²) in [7, 11) is 0. The molecule has 7 heteroatoms. The van der Waals surface area contributed by atoms with Crippen LogP contribution in [0.15, 0.2) is 52.9 Å². The number of hydrogen-bond acceptors (Lipinski definition) is 5. The van der Waals surface area contributed by atoms with E-state index in [-0.39, 0.29) is 16.3 Å². The van der Waals surface area contributed by atoms with Crippen molar-refractivity contribution in [2.24, 2.45) is 5.10 Å². The van der Waals surface area contributed by atoms with Crippen molar-refractivity contribution in [3.63, 3.8) is 0 Å². The second kappa shape index (κ2) is 6.76. The van der Waals surface area contributed by atoms with E-state index >= 15 is 0 Å². The van der Waals surface area contributed by atoms with Crippen molar-refractivity contribution in [1.82, 2.24) is 4.98 Å². The number of aromatic hydroxyl groups is 1. The Morgan fingerprint density at radius 3 is 2.83 bits per heavy atom. The minimum atomic E-state index is -0.610. The predicted molar refractivity (Wildman–Crippen MR) is 91.8 cm³/mol. The average molecular weight is 348 g/mol. The first-order valence-corrected chi connectivity index (χ1v) is 7.87. The van der Waals surface area contributed by atoms with Crippen LogP contribution in [0, 0.1) is 5.82 Å². The highest BCUT2D eigenvalue weighted by Crippen LogP contribution is 2.26. The van der Waals surface area contributed by atoms with E-state index in [1.54, 1.807) is 0 Å². The van der Waals surface area contributed by atoms with E-state index in [0.29, 0.717) is 5.13 Å². The van der Waals surface area contributed by atoms with Gasteiger partial charge in [-0.1, -0.05) is 41.9 Å². The highest BCUT2D eigenvalue weighted by molar-refractivity contribution is 7.14. The summed E-state index contributed by atoms with van der Waals surface area (Å²) in [5, 5.41) is 15.8. The molecular formula is C16H11ClFN3OS. The van der Waals surface area contributed by atoms with Gasteiger partial charge in [-0.15, -0.1) is 11.3 Å². The summed E-state index contributed by atoms with van der Waals surface area (Å²) < 4.78 is 13.6. The van der Waals surface area contributed by atoms with Gasteiger partial charge in [-0.2, -0.15) is 5.10 Å². The van der Waals surface area contributed by atoms with Gasteiger partial charge in [0.05, 0.1) is 16.9 Å². The van der Waals surface area contributed by atoms with E-state index < -0.39 is 5.82 Å². The van der Waals surface area contributed by atoms with E-state index in [1.165, 1.54) is 23.6 Å². The molecule has 2 N–H and O–H groups in total. The topological polar surface area (TPSA) is 57.5 Å². The zero-order valence-electron chi connectivity index (χ0n) is 11.7. The molecular weight excluding hydrogens is 337 g/mol. The van der Waals surface area contributed by atoms with E-state index in [0.717, 1.165) is 17.3 Å². The molecule has 0 amide bonds.